The average Bonchev–Trinajstić information content (AvgIpc) is 2.74. The Kier molecular flexibility index (Phi) is 3.44. The number of fused-ring (bicyclic) bond motifs is 1. The number of halogens is 1. The van der Waals surface area contributed by atoms with Gasteiger partial charge in [-0.05, 0) is 62.0 Å². The van der Waals surface area contributed by atoms with Gasteiger partial charge >= 0.3 is 0 Å². The van der Waals surface area contributed by atoms with Crippen LogP contribution in [0.15, 0.2) is 18.2 Å². The fraction of sp³-hybridized carbons (Fsp3) is 0.533. The van der Waals surface area contributed by atoms with Gasteiger partial charge in [-0.25, -0.2) is 4.39 Å². The highest BCUT2D eigenvalue weighted by atomic mass is 32.1. The molecule has 1 heterocycles. The number of nitrogens with one attached hydrogen (secondary N) is 1. The molecule has 2 aromatic rings. The largest absolute Gasteiger partial charge is 0.331 e. The summed E-state index contributed by atoms with van der Waals surface area (Å²) in [5, 5.41) is 0. The minimum absolute atomic E-state index is 0.197. The van der Waals surface area contributed by atoms with E-state index in [-0.39, 0.29) is 5.82 Å². The van der Waals surface area contributed by atoms with Gasteiger partial charge < -0.3 is 9.55 Å². The quantitative estimate of drug-likeness (QED) is 0.768. The van der Waals surface area contributed by atoms with Crippen LogP contribution < -0.4 is 0 Å². The summed E-state index contributed by atoms with van der Waals surface area (Å²) in [6, 6.07) is 5.26. The molecular formula is C15H19FN2S. The Labute approximate surface area is 117 Å². The summed E-state index contributed by atoms with van der Waals surface area (Å²) in [6.07, 6.45) is 6.07. The predicted molar refractivity (Wildman–Crippen MR) is 78.4 cm³/mol. The van der Waals surface area contributed by atoms with Gasteiger partial charge in [0.2, 0.25) is 0 Å². The molecule has 19 heavy (non-hydrogen) atoms. The third-order valence-electron chi connectivity index (χ3n) is 4.44. The molecule has 2 nitrogen and oxygen atoms in total. The fourth-order valence-electron chi connectivity index (χ4n) is 3.27. The van der Waals surface area contributed by atoms with E-state index in [4.69, 9.17) is 12.2 Å². The highest BCUT2D eigenvalue weighted by Gasteiger charge is 2.23. The van der Waals surface area contributed by atoms with Gasteiger partial charge in [0.15, 0.2) is 4.77 Å². The first kappa shape index (κ1) is 12.9. The molecule has 0 aliphatic heterocycles. The van der Waals surface area contributed by atoms with Crippen LogP contribution in [-0.2, 0) is 0 Å². The molecule has 102 valence electrons. The van der Waals surface area contributed by atoms with Crippen LogP contribution in [0.1, 0.15) is 45.1 Å². The lowest BCUT2D eigenvalue weighted by atomic mass is 9.84. The molecule has 1 aromatic carbocycles. The molecule has 1 aliphatic rings. The molecule has 0 radical (unpaired) electrons. The second-order valence-electron chi connectivity index (χ2n) is 5.54. The topological polar surface area (TPSA) is 20.7 Å². The standard InChI is InChI=1S/C15H19FN2S/c1-2-10-3-6-12(7-4-10)18-14-9-11(16)5-8-13(14)17-15(18)19/h5,8-10,12H,2-4,6-7H2,1H3,(H,17,19). The molecule has 1 fully saturated rings. The van der Waals surface area contributed by atoms with E-state index in [0.717, 1.165) is 34.6 Å². The number of rotatable bonds is 2. The third-order valence-corrected chi connectivity index (χ3v) is 4.74. The van der Waals surface area contributed by atoms with Gasteiger partial charge in [-0.3, -0.25) is 0 Å². The number of benzene rings is 1. The van der Waals surface area contributed by atoms with Crippen molar-refractivity contribution < 1.29 is 4.39 Å². The molecule has 1 saturated carbocycles. The summed E-state index contributed by atoms with van der Waals surface area (Å²) in [5.74, 6) is 0.657. The van der Waals surface area contributed by atoms with Gasteiger partial charge in [-0.15, -0.1) is 0 Å². The van der Waals surface area contributed by atoms with E-state index in [0.29, 0.717) is 6.04 Å². The molecule has 1 aliphatic carbocycles. The molecule has 0 atom stereocenters. The van der Waals surface area contributed by atoms with Crippen LogP contribution in [0.5, 0.6) is 0 Å². The summed E-state index contributed by atoms with van der Waals surface area (Å²) in [7, 11) is 0. The third kappa shape index (κ3) is 2.34. The Morgan fingerprint density at radius 1 is 1.32 bits per heavy atom. The van der Waals surface area contributed by atoms with Crippen LogP contribution in [-0.4, -0.2) is 9.55 Å². The van der Waals surface area contributed by atoms with E-state index < -0.39 is 0 Å². The number of imidazole rings is 1. The van der Waals surface area contributed by atoms with Crippen LogP contribution in [0.2, 0.25) is 0 Å². The van der Waals surface area contributed by atoms with E-state index in [1.807, 2.05) is 0 Å². The SMILES string of the molecule is CCC1CCC(n2c(=S)[nH]c3ccc(F)cc32)CC1. The Morgan fingerprint density at radius 3 is 2.74 bits per heavy atom. The lowest BCUT2D eigenvalue weighted by Crippen LogP contribution is -2.17. The van der Waals surface area contributed by atoms with Crippen molar-refractivity contribution in [2.75, 3.05) is 0 Å². The maximum absolute atomic E-state index is 13.4. The van der Waals surface area contributed by atoms with Gasteiger partial charge in [0, 0.05) is 6.04 Å². The lowest BCUT2D eigenvalue weighted by molar-refractivity contribution is 0.271. The highest BCUT2D eigenvalue weighted by Crippen LogP contribution is 2.35. The molecular weight excluding hydrogens is 259 g/mol. The maximum atomic E-state index is 13.4. The molecule has 1 aromatic heterocycles. The number of hydrogen-bond acceptors (Lipinski definition) is 1. The molecule has 0 saturated heterocycles. The van der Waals surface area contributed by atoms with E-state index >= 15 is 0 Å². The van der Waals surface area contributed by atoms with E-state index in [2.05, 4.69) is 16.5 Å². The molecule has 0 bridgehead atoms. The smallest absolute Gasteiger partial charge is 0.178 e. The summed E-state index contributed by atoms with van der Waals surface area (Å²) in [6.45, 7) is 2.26. The molecule has 0 unspecified atom stereocenters. The van der Waals surface area contributed by atoms with Crippen LogP contribution >= 0.6 is 12.2 Å². The number of hydrogen-bond donors (Lipinski definition) is 1. The summed E-state index contributed by atoms with van der Waals surface area (Å²) < 4.78 is 16.3. The Bertz CT molecular complexity index is 635. The van der Waals surface area contributed by atoms with Crippen LogP contribution in [0.4, 0.5) is 4.39 Å². The van der Waals surface area contributed by atoms with Crippen molar-refractivity contribution in [1.82, 2.24) is 9.55 Å². The number of aromatic amines is 1. The summed E-state index contributed by atoms with van der Waals surface area (Å²) in [4.78, 5) is 3.19. The summed E-state index contributed by atoms with van der Waals surface area (Å²) in [5.41, 5.74) is 1.84. The monoisotopic (exact) mass is 278 g/mol. The highest BCUT2D eigenvalue weighted by molar-refractivity contribution is 7.71. The van der Waals surface area contributed by atoms with Crippen molar-refractivity contribution in [3.8, 4) is 0 Å². The van der Waals surface area contributed by atoms with Crippen LogP contribution in [0.25, 0.3) is 11.0 Å². The van der Waals surface area contributed by atoms with Gasteiger partial charge in [-0.1, -0.05) is 13.3 Å². The molecule has 4 heteroatoms. The van der Waals surface area contributed by atoms with Crippen molar-refractivity contribution in [2.24, 2.45) is 5.92 Å². The molecule has 1 N–H and O–H groups in total. The van der Waals surface area contributed by atoms with Crippen LogP contribution in [0.3, 0.4) is 0 Å². The zero-order chi connectivity index (χ0) is 13.4. The Balaban J connectivity index is 1.98. The van der Waals surface area contributed by atoms with Gasteiger partial charge in [0.25, 0.3) is 0 Å². The second kappa shape index (κ2) is 5.08. The number of H-pyrrole nitrogens is 1. The van der Waals surface area contributed by atoms with Crippen LogP contribution in [0, 0.1) is 16.5 Å². The Hall–Kier alpha value is -1.16. The first-order chi connectivity index (χ1) is 9.19. The second-order valence-corrected chi connectivity index (χ2v) is 5.93. The number of aromatic nitrogens is 2. The predicted octanol–water partition coefficient (Wildman–Crippen LogP) is 4.98. The van der Waals surface area contributed by atoms with E-state index in [1.54, 1.807) is 12.1 Å². The first-order valence-corrected chi connectivity index (χ1v) is 7.49. The fourth-order valence-corrected chi connectivity index (χ4v) is 3.63. The maximum Gasteiger partial charge on any atom is 0.178 e. The van der Waals surface area contributed by atoms with Crippen molar-refractivity contribution in [1.29, 1.82) is 0 Å². The van der Waals surface area contributed by atoms with E-state index in [1.165, 1.54) is 25.3 Å². The zero-order valence-electron chi connectivity index (χ0n) is 11.2. The van der Waals surface area contributed by atoms with Gasteiger partial charge in [0.1, 0.15) is 5.82 Å². The average molecular weight is 278 g/mol. The lowest BCUT2D eigenvalue weighted by Gasteiger charge is -2.29. The minimum atomic E-state index is -0.197. The van der Waals surface area contributed by atoms with Gasteiger partial charge in [-0.2, -0.15) is 0 Å². The molecule has 0 spiro atoms. The van der Waals surface area contributed by atoms with Crippen molar-refractivity contribution in [3.63, 3.8) is 0 Å². The minimum Gasteiger partial charge on any atom is -0.331 e. The van der Waals surface area contributed by atoms with Crippen molar-refractivity contribution >= 4 is 23.3 Å². The zero-order valence-corrected chi connectivity index (χ0v) is 12.0. The Morgan fingerprint density at radius 2 is 2.05 bits per heavy atom. The molecule has 3 rings (SSSR count). The van der Waals surface area contributed by atoms with Crippen molar-refractivity contribution in [3.05, 3.63) is 28.8 Å². The summed E-state index contributed by atoms with van der Waals surface area (Å²) >= 11 is 5.42. The normalized spacial score (nSPS) is 23.9. The number of nitrogens with zero attached hydrogens (tertiary/aromatic N) is 1. The van der Waals surface area contributed by atoms with Crippen molar-refractivity contribution in [2.45, 2.75) is 45.1 Å². The first-order valence-electron chi connectivity index (χ1n) is 7.08. The van der Waals surface area contributed by atoms with Gasteiger partial charge in [0.05, 0.1) is 11.0 Å². The van der Waals surface area contributed by atoms with E-state index in [9.17, 15) is 4.39 Å². The molecule has 0 amide bonds.